The van der Waals surface area contributed by atoms with Gasteiger partial charge in [-0.15, -0.1) is 0 Å². The molecule has 0 spiro atoms. The van der Waals surface area contributed by atoms with Gasteiger partial charge < -0.3 is 4.90 Å². The summed E-state index contributed by atoms with van der Waals surface area (Å²) in [6.07, 6.45) is 1.41. The van der Waals surface area contributed by atoms with E-state index in [1.54, 1.807) is 23.1 Å². The van der Waals surface area contributed by atoms with Gasteiger partial charge in [-0.05, 0) is 55.2 Å². The Labute approximate surface area is 147 Å². The van der Waals surface area contributed by atoms with Gasteiger partial charge in [0, 0.05) is 25.2 Å². The first kappa shape index (κ1) is 16.1. The molecule has 1 unspecified atom stereocenters. The van der Waals surface area contributed by atoms with Crippen LogP contribution in [0.1, 0.15) is 25.0 Å². The minimum absolute atomic E-state index is 0.0182. The average molecular weight is 356 g/mol. The van der Waals surface area contributed by atoms with Crippen LogP contribution in [0.25, 0.3) is 0 Å². The second kappa shape index (κ2) is 5.59. The Hall–Kier alpha value is -2.34. The summed E-state index contributed by atoms with van der Waals surface area (Å²) in [5.41, 5.74) is 3.56. The molecule has 2 aliphatic rings. The Balaban J connectivity index is 1.74. The molecule has 0 fully saturated rings. The summed E-state index contributed by atoms with van der Waals surface area (Å²) in [5, 5.41) is 0. The third kappa shape index (κ3) is 2.43. The topological polar surface area (TPSA) is 57.7 Å². The maximum absolute atomic E-state index is 13.1. The maximum atomic E-state index is 13.1. The van der Waals surface area contributed by atoms with Gasteiger partial charge in [-0.2, -0.15) is 0 Å². The van der Waals surface area contributed by atoms with Crippen LogP contribution in [0.4, 0.5) is 11.4 Å². The molecule has 0 N–H and O–H groups in total. The molecule has 1 atom stereocenters. The van der Waals surface area contributed by atoms with Crippen LogP contribution in [-0.2, 0) is 27.7 Å². The molecule has 0 aromatic heterocycles. The molecule has 6 heteroatoms. The number of benzene rings is 2. The third-order valence-electron chi connectivity index (χ3n) is 5.04. The van der Waals surface area contributed by atoms with Gasteiger partial charge in [-0.3, -0.25) is 9.10 Å². The van der Waals surface area contributed by atoms with Crippen molar-refractivity contribution >= 4 is 27.3 Å². The van der Waals surface area contributed by atoms with E-state index in [2.05, 4.69) is 0 Å². The van der Waals surface area contributed by atoms with Gasteiger partial charge in [-0.1, -0.05) is 18.2 Å². The number of carbonyl (C=O) groups excluding carboxylic acids is 1. The van der Waals surface area contributed by atoms with Crippen LogP contribution in [0.5, 0.6) is 0 Å². The predicted molar refractivity (Wildman–Crippen MR) is 97.4 cm³/mol. The van der Waals surface area contributed by atoms with E-state index in [-0.39, 0.29) is 11.9 Å². The molecule has 25 heavy (non-hydrogen) atoms. The molecule has 2 aromatic rings. The number of fused-ring (bicyclic) bond motifs is 2. The smallest absolute Gasteiger partial charge is 0.264 e. The van der Waals surface area contributed by atoms with Gasteiger partial charge in [0.25, 0.3) is 10.0 Å². The van der Waals surface area contributed by atoms with Crippen LogP contribution >= 0.6 is 0 Å². The Bertz CT molecular complexity index is 968. The summed E-state index contributed by atoms with van der Waals surface area (Å²) in [6, 6.07) is 12.8. The SMILES string of the molecule is CC(=O)N1c2ccc(S(=O)(=O)N3CCc4ccccc43)cc2CC1C. The van der Waals surface area contributed by atoms with Crippen LogP contribution in [0.15, 0.2) is 47.4 Å². The zero-order chi connectivity index (χ0) is 17.8. The Morgan fingerprint density at radius 1 is 1.08 bits per heavy atom. The monoisotopic (exact) mass is 356 g/mol. The molecule has 2 heterocycles. The maximum Gasteiger partial charge on any atom is 0.264 e. The zero-order valence-corrected chi connectivity index (χ0v) is 15.1. The minimum Gasteiger partial charge on any atom is -0.309 e. The lowest BCUT2D eigenvalue weighted by atomic mass is 10.1. The van der Waals surface area contributed by atoms with E-state index < -0.39 is 10.0 Å². The van der Waals surface area contributed by atoms with Crippen molar-refractivity contribution in [3.8, 4) is 0 Å². The van der Waals surface area contributed by atoms with E-state index in [9.17, 15) is 13.2 Å². The Morgan fingerprint density at radius 3 is 2.60 bits per heavy atom. The summed E-state index contributed by atoms with van der Waals surface area (Å²) in [6.45, 7) is 3.98. The lowest BCUT2D eigenvalue weighted by Gasteiger charge is -2.22. The summed E-state index contributed by atoms with van der Waals surface area (Å²) in [7, 11) is -3.60. The molecule has 0 radical (unpaired) electrons. The van der Waals surface area contributed by atoms with Crippen LogP contribution in [0, 0.1) is 0 Å². The van der Waals surface area contributed by atoms with Crippen molar-refractivity contribution in [2.24, 2.45) is 0 Å². The predicted octanol–water partition coefficient (Wildman–Crippen LogP) is 2.74. The molecule has 0 bridgehead atoms. The second-order valence-electron chi connectivity index (χ2n) is 6.69. The first-order valence-electron chi connectivity index (χ1n) is 8.43. The van der Waals surface area contributed by atoms with Crippen molar-refractivity contribution in [2.45, 2.75) is 37.6 Å². The zero-order valence-electron chi connectivity index (χ0n) is 14.3. The van der Waals surface area contributed by atoms with Crippen molar-refractivity contribution in [3.63, 3.8) is 0 Å². The summed E-state index contributed by atoms with van der Waals surface area (Å²) >= 11 is 0. The highest BCUT2D eigenvalue weighted by Gasteiger charge is 2.34. The summed E-state index contributed by atoms with van der Waals surface area (Å²) in [4.78, 5) is 13.9. The highest BCUT2D eigenvalue weighted by molar-refractivity contribution is 7.92. The lowest BCUT2D eigenvalue weighted by Crippen LogP contribution is -2.33. The van der Waals surface area contributed by atoms with Gasteiger partial charge in [0.05, 0.1) is 10.6 Å². The fourth-order valence-electron chi connectivity index (χ4n) is 3.93. The van der Waals surface area contributed by atoms with E-state index >= 15 is 0 Å². The van der Waals surface area contributed by atoms with Crippen LogP contribution in [0.3, 0.4) is 0 Å². The fraction of sp³-hybridized carbons (Fsp3) is 0.316. The van der Waals surface area contributed by atoms with E-state index in [0.29, 0.717) is 17.9 Å². The van der Waals surface area contributed by atoms with Crippen LogP contribution in [-0.4, -0.2) is 26.9 Å². The number of para-hydroxylation sites is 1. The highest BCUT2D eigenvalue weighted by Crippen LogP contribution is 2.37. The molecule has 1 amide bonds. The van der Waals surface area contributed by atoms with Crippen molar-refractivity contribution in [1.29, 1.82) is 0 Å². The quantitative estimate of drug-likeness (QED) is 0.831. The minimum atomic E-state index is -3.60. The van der Waals surface area contributed by atoms with E-state index in [1.165, 1.54) is 11.2 Å². The first-order chi connectivity index (χ1) is 11.9. The number of carbonyl (C=O) groups is 1. The lowest BCUT2D eigenvalue weighted by molar-refractivity contribution is -0.116. The normalized spacial score (nSPS) is 19.0. The van der Waals surface area contributed by atoms with Crippen molar-refractivity contribution in [3.05, 3.63) is 53.6 Å². The molecular formula is C19H20N2O3S. The van der Waals surface area contributed by atoms with Crippen LogP contribution < -0.4 is 9.21 Å². The molecule has 0 saturated heterocycles. The first-order valence-corrected chi connectivity index (χ1v) is 9.87. The number of hydrogen-bond donors (Lipinski definition) is 0. The number of rotatable bonds is 2. The molecule has 130 valence electrons. The molecule has 0 aliphatic carbocycles. The van der Waals surface area contributed by atoms with Crippen LogP contribution in [0.2, 0.25) is 0 Å². The number of anilines is 2. The Morgan fingerprint density at radius 2 is 1.84 bits per heavy atom. The number of sulfonamides is 1. The van der Waals surface area contributed by atoms with Crippen molar-refractivity contribution in [2.75, 3.05) is 15.7 Å². The van der Waals surface area contributed by atoms with Gasteiger partial charge >= 0.3 is 0 Å². The molecule has 0 saturated carbocycles. The number of hydrogen-bond acceptors (Lipinski definition) is 3. The highest BCUT2D eigenvalue weighted by atomic mass is 32.2. The molecule has 4 rings (SSSR count). The second-order valence-corrected chi connectivity index (χ2v) is 8.55. The fourth-order valence-corrected chi connectivity index (χ4v) is 5.49. The number of amides is 1. The standard InChI is InChI=1S/C19H20N2O3S/c1-13-11-16-12-17(7-8-19(16)21(13)14(2)22)25(23,24)20-10-9-15-5-3-4-6-18(15)20/h3-8,12-13H,9-11H2,1-2H3. The van der Waals surface area contributed by atoms with E-state index in [4.69, 9.17) is 0 Å². The summed E-state index contributed by atoms with van der Waals surface area (Å²) in [5.74, 6) is -0.0182. The molecule has 2 aliphatic heterocycles. The molecule has 2 aromatic carbocycles. The Kier molecular flexibility index (Phi) is 3.61. The van der Waals surface area contributed by atoms with E-state index in [0.717, 1.165) is 28.9 Å². The van der Waals surface area contributed by atoms with Gasteiger partial charge in [0.2, 0.25) is 5.91 Å². The van der Waals surface area contributed by atoms with Crippen molar-refractivity contribution < 1.29 is 13.2 Å². The third-order valence-corrected chi connectivity index (χ3v) is 6.85. The van der Waals surface area contributed by atoms with Crippen molar-refractivity contribution in [1.82, 2.24) is 0 Å². The number of nitrogens with zero attached hydrogens (tertiary/aromatic N) is 2. The van der Waals surface area contributed by atoms with Gasteiger partial charge in [0.15, 0.2) is 0 Å². The molecular weight excluding hydrogens is 336 g/mol. The average Bonchev–Trinajstić information content (AvgIpc) is 3.14. The van der Waals surface area contributed by atoms with E-state index in [1.807, 2.05) is 31.2 Å². The summed E-state index contributed by atoms with van der Waals surface area (Å²) < 4.78 is 27.8. The van der Waals surface area contributed by atoms with Gasteiger partial charge in [0.1, 0.15) is 0 Å². The largest absolute Gasteiger partial charge is 0.309 e. The van der Waals surface area contributed by atoms with Gasteiger partial charge in [-0.25, -0.2) is 8.42 Å². The molecule has 5 nitrogen and oxygen atoms in total.